The molecule has 1 fully saturated rings. The van der Waals surface area contributed by atoms with Crippen molar-refractivity contribution in [1.82, 2.24) is 0 Å². The van der Waals surface area contributed by atoms with E-state index in [1.54, 1.807) is 6.07 Å². The van der Waals surface area contributed by atoms with Crippen LogP contribution in [-0.2, 0) is 5.54 Å². The number of hydrogen-bond donors (Lipinski definition) is 1. The molecule has 3 heteroatoms. The van der Waals surface area contributed by atoms with Crippen molar-refractivity contribution in [3.63, 3.8) is 0 Å². The Morgan fingerprint density at radius 3 is 2.53 bits per heavy atom. The van der Waals surface area contributed by atoms with Gasteiger partial charge in [0, 0.05) is 10.4 Å². The summed E-state index contributed by atoms with van der Waals surface area (Å²) in [5, 5.41) is 0. The van der Waals surface area contributed by atoms with Gasteiger partial charge in [0.15, 0.2) is 0 Å². The SMILES string of the molecule is CSc1ccc(C2(N)CCCC2)cc1F. The lowest BCUT2D eigenvalue weighted by Crippen LogP contribution is -2.33. The zero-order valence-electron chi connectivity index (χ0n) is 8.92. The van der Waals surface area contributed by atoms with E-state index in [2.05, 4.69) is 0 Å². The van der Waals surface area contributed by atoms with Crippen LogP contribution in [0.3, 0.4) is 0 Å². The lowest BCUT2D eigenvalue weighted by Gasteiger charge is -2.24. The molecule has 0 saturated heterocycles. The van der Waals surface area contributed by atoms with Crippen LogP contribution in [0.2, 0.25) is 0 Å². The van der Waals surface area contributed by atoms with Gasteiger partial charge in [-0.25, -0.2) is 4.39 Å². The third-order valence-corrected chi connectivity index (χ3v) is 3.99. The Bertz CT molecular complexity index is 359. The normalized spacial score (nSPS) is 19.4. The van der Waals surface area contributed by atoms with Gasteiger partial charge in [0.25, 0.3) is 0 Å². The molecule has 1 aromatic carbocycles. The summed E-state index contributed by atoms with van der Waals surface area (Å²) in [6, 6.07) is 5.42. The van der Waals surface area contributed by atoms with Crippen molar-refractivity contribution < 1.29 is 4.39 Å². The van der Waals surface area contributed by atoms with E-state index in [1.165, 1.54) is 11.8 Å². The molecule has 2 N–H and O–H groups in total. The summed E-state index contributed by atoms with van der Waals surface area (Å²) >= 11 is 1.43. The lowest BCUT2D eigenvalue weighted by molar-refractivity contribution is 0.456. The van der Waals surface area contributed by atoms with Gasteiger partial charge in [-0.2, -0.15) is 0 Å². The van der Waals surface area contributed by atoms with Crippen LogP contribution in [0.4, 0.5) is 4.39 Å². The number of thioether (sulfide) groups is 1. The molecule has 0 radical (unpaired) electrons. The van der Waals surface area contributed by atoms with Crippen molar-refractivity contribution >= 4 is 11.8 Å². The maximum atomic E-state index is 13.6. The molecule has 0 amide bonds. The Hall–Kier alpha value is -0.540. The van der Waals surface area contributed by atoms with Crippen LogP contribution in [0, 0.1) is 5.82 Å². The van der Waals surface area contributed by atoms with Crippen LogP contribution >= 0.6 is 11.8 Å². The smallest absolute Gasteiger partial charge is 0.137 e. The van der Waals surface area contributed by atoms with E-state index >= 15 is 0 Å². The zero-order chi connectivity index (χ0) is 10.9. The van der Waals surface area contributed by atoms with Gasteiger partial charge in [-0.3, -0.25) is 0 Å². The van der Waals surface area contributed by atoms with E-state index in [9.17, 15) is 4.39 Å². The van der Waals surface area contributed by atoms with Crippen LogP contribution in [-0.4, -0.2) is 6.26 Å². The summed E-state index contributed by atoms with van der Waals surface area (Å²) in [6.07, 6.45) is 6.15. The highest BCUT2D eigenvalue weighted by molar-refractivity contribution is 7.98. The van der Waals surface area contributed by atoms with Crippen LogP contribution in [0.1, 0.15) is 31.2 Å². The predicted octanol–water partition coefficient (Wildman–Crippen LogP) is 3.28. The van der Waals surface area contributed by atoms with Gasteiger partial charge >= 0.3 is 0 Å². The molecule has 0 spiro atoms. The summed E-state index contributed by atoms with van der Waals surface area (Å²) < 4.78 is 13.6. The molecule has 0 atom stereocenters. The predicted molar refractivity (Wildman–Crippen MR) is 62.5 cm³/mol. The van der Waals surface area contributed by atoms with E-state index in [-0.39, 0.29) is 11.4 Å². The molecule has 0 heterocycles. The molecule has 2 rings (SSSR count). The molecule has 1 saturated carbocycles. The molecule has 1 aliphatic rings. The lowest BCUT2D eigenvalue weighted by atomic mass is 9.89. The zero-order valence-corrected chi connectivity index (χ0v) is 9.74. The van der Waals surface area contributed by atoms with Gasteiger partial charge in [-0.05, 0) is 36.8 Å². The number of benzene rings is 1. The summed E-state index contributed by atoms with van der Waals surface area (Å²) in [7, 11) is 0. The molecular weight excluding hydrogens is 209 g/mol. The first-order valence-electron chi connectivity index (χ1n) is 5.29. The molecule has 1 aliphatic carbocycles. The monoisotopic (exact) mass is 225 g/mol. The Labute approximate surface area is 94.2 Å². The molecular formula is C12H16FNS. The minimum atomic E-state index is -0.280. The molecule has 0 aromatic heterocycles. The average Bonchev–Trinajstić information content (AvgIpc) is 2.66. The van der Waals surface area contributed by atoms with Gasteiger partial charge in [0.05, 0.1) is 0 Å². The molecule has 0 unspecified atom stereocenters. The maximum Gasteiger partial charge on any atom is 0.137 e. The van der Waals surface area contributed by atoms with E-state index in [1.807, 2.05) is 18.4 Å². The van der Waals surface area contributed by atoms with Gasteiger partial charge in [0.2, 0.25) is 0 Å². The number of rotatable bonds is 2. The van der Waals surface area contributed by atoms with E-state index in [0.717, 1.165) is 31.2 Å². The molecule has 1 aromatic rings. The van der Waals surface area contributed by atoms with Crippen molar-refractivity contribution in [3.8, 4) is 0 Å². The quantitative estimate of drug-likeness (QED) is 0.782. The largest absolute Gasteiger partial charge is 0.321 e. The van der Waals surface area contributed by atoms with Crippen molar-refractivity contribution in [1.29, 1.82) is 0 Å². The second-order valence-corrected chi connectivity index (χ2v) is 5.06. The summed E-state index contributed by atoms with van der Waals surface area (Å²) in [5.41, 5.74) is 6.94. The third-order valence-electron chi connectivity index (χ3n) is 3.22. The Balaban J connectivity index is 2.33. The van der Waals surface area contributed by atoms with Crippen molar-refractivity contribution in [2.45, 2.75) is 36.1 Å². The number of hydrogen-bond acceptors (Lipinski definition) is 2. The fraction of sp³-hybridized carbons (Fsp3) is 0.500. The number of nitrogens with two attached hydrogens (primary N) is 1. The summed E-state index contributed by atoms with van der Waals surface area (Å²) in [6.45, 7) is 0. The minimum Gasteiger partial charge on any atom is -0.321 e. The average molecular weight is 225 g/mol. The Morgan fingerprint density at radius 1 is 1.33 bits per heavy atom. The second kappa shape index (κ2) is 4.14. The van der Waals surface area contributed by atoms with Gasteiger partial charge in [-0.1, -0.05) is 18.9 Å². The summed E-state index contributed by atoms with van der Waals surface area (Å²) in [5.74, 6) is -0.142. The van der Waals surface area contributed by atoms with Gasteiger partial charge in [-0.15, -0.1) is 11.8 Å². The van der Waals surface area contributed by atoms with Crippen LogP contribution < -0.4 is 5.73 Å². The topological polar surface area (TPSA) is 26.0 Å². The standard InChI is InChI=1S/C12H16FNS/c1-15-11-5-4-9(8-10(11)13)12(14)6-2-3-7-12/h4-5,8H,2-3,6-7,14H2,1H3. The van der Waals surface area contributed by atoms with Crippen molar-refractivity contribution in [2.24, 2.45) is 5.73 Å². The second-order valence-electron chi connectivity index (χ2n) is 4.21. The molecule has 1 nitrogen and oxygen atoms in total. The first-order valence-corrected chi connectivity index (χ1v) is 6.51. The minimum absolute atomic E-state index is 0.142. The Morgan fingerprint density at radius 2 is 2.00 bits per heavy atom. The van der Waals surface area contributed by atoms with E-state index in [4.69, 9.17) is 5.73 Å². The van der Waals surface area contributed by atoms with E-state index in [0.29, 0.717) is 4.90 Å². The Kier molecular flexibility index (Phi) is 3.03. The van der Waals surface area contributed by atoms with Gasteiger partial charge in [0.1, 0.15) is 5.82 Å². The first kappa shape index (κ1) is 11.0. The third kappa shape index (κ3) is 2.04. The fourth-order valence-electron chi connectivity index (χ4n) is 2.27. The van der Waals surface area contributed by atoms with Crippen LogP contribution in [0.15, 0.2) is 23.1 Å². The highest BCUT2D eigenvalue weighted by Crippen LogP contribution is 2.37. The van der Waals surface area contributed by atoms with Gasteiger partial charge < -0.3 is 5.73 Å². The highest BCUT2D eigenvalue weighted by Gasteiger charge is 2.31. The molecule has 15 heavy (non-hydrogen) atoms. The van der Waals surface area contributed by atoms with Crippen molar-refractivity contribution in [2.75, 3.05) is 6.26 Å². The summed E-state index contributed by atoms with van der Waals surface area (Å²) in [4.78, 5) is 0.695. The number of halogens is 1. The van der Waals surface area contributed by atoms with E-state index < -0.39 is 0 Å². The molecule has 0 bridgehead atoms. The van der Waals surface area contributed by atoms with Crippen LogP contribution in [0.5, 0.6) is 0 Å². The maximum absolute atomic E-state index is 13.6. The highest BCUT2D eigenvalue weighted by atomic mass is 32.2. The molecule has 82 valence electrons. The first-order chi connectivity index (χ1) is 7.15. The fourth-order valence-corrected chi connectivity index (χ4v) is 2.73. The van der Waals surface area contributed by atoms with Crippen molar-refractivity contribution in [3.05, 3.63) is 29.6 Å². The van der Waals surface area contributed by atoms with Crippen LogP contribution in [0.25, 0.3) is 0 Å². The molecule has 0 aliphatic heterocycles.